The molecule has 1 aliphatic heterocycles. The molecular weight excluding hydrogens is 453 g/mol. The van der Waals surface area contributed by atoms with Crippen LogP contribution in [0.15, 0.2) is 53.7 Å². The number of hydrogen-bond donors (Lipinski definition) is 1. The lowest BCUT2D eigenvalue weighted by molar-refractivity contribution is -0.115. The van der Waals surface area contributed by atoms with Crippen molar-refractivity contribution in [3.05, 3.63) is 64.9 Å². The van der Waals surface area contributed by atoms with Crippen LogP contribution in [0.3, 0.4) is 0 Å². The maximum absolute atomic E-state index is 13.3. The average molecular weight is 476 g/mol. The maximum Gasteiger partial charge on any atom is 0.237 e. The third-order valence-electron chi connectivity index (χ3n) is 5.02. The van der Waals surface area contributed by atoms with Crippen molar-refractivity contribution in [2.75, 3.05) is 36.5 Å². The SMILES string of the molecule is CC(Sc1nnc(N2CCOCC2)n1Cc1ccccc1)C(=O)Nc1ccc(F)cc1Cl. The van der Waals surface area contributed by atoms with Gasteiger partial charge in [0.2, 0.25) is 11.9 Å². The minimum absolute atomic E-state index is 0.150. The van der Waals surface area contributed by atoms with E-state index in [1.54, 1.807) is 6.92 Å². The molecule has 2 heterocycles. The normalized spacial score (nSPS) is 14.9. The van der Waals surface area contributed by atoms with Crippen LogP contribution < -0.4 is 10.2 Å². The van der Waals surface area contributed by atoms with Crippen molar-refractivity contribution in [2.24, 2.45) is 0 Å². The minimum Gasteiger partial charge on any atom is -0.378 e. The first kappa shape index (κ1) is 22.6. The molecule has 1 unspecified atom stereocenters. The van der Waals surface area contributed by atoms with Crippen molar-refractivity contribution in [3.8, 4) is 0 Å². The molecule has 1 aliphatic rings. The zero-order valence-corrected chi connectivity index (χ0v) is 19.1. The molecule has 1 atom stereocenters. The molecular formula is C22H23ClFN5O2S. The molecule has 1 amide bonds. The summed E-state index contributed by atoms with van der Waals surface area (Å²) in [6.07, 6.45) is 0. The van der Waals surface area contributed by atoms with Crippen LogP contribution in [0.25, 0.3) is 0 Å². The molecule has 10 heteroatoms. The van der Waals surface area contributed by atoms with Gasteiger partial charge in [-0.05, 0) is 30.7 Å². The summed E-state index contributed by atoms with van der Waals surface area (Å²) in [5.74, 6) is 0.0413. The van der Waals surface area contributed by atoms with E-state index in [4.69, 9.17) is 16.3 Å². The zero-order valence-electron chi connectivity index (χ0n) is 17.5. The molecule has 0 aliphatic carbocycles. The number of halogens is 2. The average Bonchev–Trinajstić information content (AvgIpc) is 3.18. The van der Waals surface area contributed by atoms with Gasteiger partial charge < -0.3 is 15.0 Å². The van der Waals surface area contributed by atoms with Crippen LogP contribution in [0.1, 0.15) is 12.5 Å². The van der Waals surface area contributed by atoms with Gasteiger partial charge in [0.15, 0.2) is 5.16 Å². The summed E-state index contributed by atoms with van der Waals surface area (Å²) >= 11 is 7.35. The number of carbonyl (C=O) groups is 1. The second-order valence-corrected chi connectivity index (χ2v) is 9.04. The van der Waals surface area contributed by atoms with Gasteiger partial charge >= 0.3 is 0 Å². The Morgan fingerprint density at radius 2 is 1.97 bits per heavy atom. The number of benzene rings is 2. The molecule has 4 rings (SSSR count). The Labute approximate surface area is 194 Å². The third-order valence-corrected chi connectivity index (χ3v) is 6.41. The van der Waals surface area contributed by atoms with E-state index in [1.165, 1.54) is 30.0 Å². The molecule has 1 aromatic heterocycles. The number of nitrogens with one attached hydrogen (secondary N) is 1. The Bertz CT molecular complexity index is 1080. The Hall–Kier alpha value is -2.62. The highest BCUT2D eigenvalue weighted by Crippen LogP contribution is 2.29. The van der Waals surface area contributed by atoms with Crippen molar-refractivity contribution in [1.82, 2.24) is 14.8 Å². The largest absolute Gasteiger partial charge is 0.378 e. The van der Waals surface area contributed by atoms with E-state index >= 15 is 0 Å². The molecule has 0 spiro atoms. The Kier molecular flexibility index (Phi) is 7.29. The highest BCUT2D eigenvalue weighted by atomic mass is 35.5. The fourth-order valence-electron chi connectivity index (χ4n) is 3.31. The number of rotatable bonds is 7. The van der Waals surface area contributed by atoms with Gasteiger partial charge in [0, 0.05) is 13.1 Å². The summed E-state index contributed by atoms with van der Waals surface area (Å²) in [5.41, 5.74) is 1.48. The highest BCUT2D eigenvalue weighted by molar-refractivity contribution is 8.00. The first-order chi connectivity index (χ1) is 15.5. The number of aromatic nitrogens is 3. The molecule has 1 N–H and O–H groups in total. The van der Waals surface area contributed by atoms with Crippen LogP contribution in [0.4, 0.5) is 16.0 Å². The van der Waals surface area contributed by atoms with Gasteiger partial charge in [-0.1, -0.05) is 53.7 Å². The molecule has 1 saturated heterocycles. The van der Waals surface area contributed by atoms with Crippen LogP contribution in [0.5, 0.6) is 0 Å². The Morgan fingerprint density at radius 3 is 2.69 bits per heavy atom. The number of hydrogen-bond acceptors (Lipinski definition) is 6. The predicted molar refractivity (Wildman–Crippen MR) is 124 cm³/mol. The van der Waals surface area contributed by atoms with Crippen LogP contribution in [-0.4, -0.2) is 52.2 Å². The van der Waals surface area contributed by atoms with Gasteiger partial charge in [-0.25, -0.2) is 4.39 Å². The van der Waals surface area contributed by atoms with Crippen LogP contribution in [-0.2, 0) is 16.1 Å². The summed E-state index contributed by atoms with van der Waals surface area (Å²) in [6.45, 7) is 5.11. The fourth-order valence-corrected chi connectivity index (χ4v) is 4.36. The van der Waals surface area contributed by atoms with Gasteiger partial charge in [-0.2, -0.15) is 0 Å². The molecule has 0 bridgehead atoms. The molecule has 168 valence electrons. The maximum atomic E-state index is 13.3. The van der Waals surface area contributed by atoms with E-state index in [0.29, 0.717) is 30.6 Å². The molecule has 1 fully saturated rings. The van der Waals surface area contributed by atoms with E-state index in [1.807, 2.05) is 34.9 Å². The van der Waals surface area contributed by atoms with Crippen LogP contribution in [0, 0.1) is 5.82 Å². The van der Waals surface area contributed by atoms with Crippen molar-refractivity contribution >= 4 is 40.9 Å². The fraction of sp³-hybridized carbons (Fsp3) is 0.318. The lowest BCUT2D eigenvalue weighted by atomic mass is 10.2. The number of ether oxygens (including phenoxy) is 1. The minimum atomic E-state index is -0.479. The number of nitrogens with zero attached hydrogens (tertiary/aromatic N) is 4. The number of amides is 1. The highest BCUT2D eigenvalue weighted by Gasteiger charge is 2.24. The van der Waals surface area contributed by atoms with E-state index in [0.717, 1.165) is 24.6 Å². The van der Waals surface area contributed by atoms with Crippen molar-refractivity contribution in [2.45, 2.75) is 23.9 Å². The quantitative estimate of drug-likeness (QED) is 0.519. The van der Waals surface area contributed by atoms with Gasteiger partial charge in [0.1, 0.15) is 5.82 Å². The first-order valence-corrected chi connectivity index (χ1v) is 11.5. The van der Waals surface area contributed by atoms with Crippen molar-refractivity contribution in [1.29, 1.82) is 0 Å². The summed E-state index contributed by atoms with van der Waals surface area (Å²) in [5, 5.41) is 11.9. The number of anilines is 2. The van der Waals surface area contributed by atoms with E-state index in [-0.39, 0.29) is 10.9 Å². The lowest BCUT2D eigenvalue weighted by Gasteiger charge is -2.28. The summed E-state index contributed by atoms with van der Waals surface area (Å²) in [7, 11) is 0. The number of thioether (sulfide) groups is 1. The van der Waals surface area contributed by atoms with Crippen LogP contribution >= 0.6 is 23.4 Å². The monoisotopic (exact) mass is 475 g/mol. The molecule has 3 aromatic rings. The first-order valence-electron chi connectivity index (χ1n) is 10.2. The molecule has 0 saturated carbocycles. The number of carbonyl (C=O) groups excluding carboxylic acids is 1. The lowest BCUT2D eigenvalue weighted by Crippen LogP contribution is -2.38. The predicted octanol–water partition coefficient (Wildman–Crippen LogP) is 4.07. The summed E-state index contributed by atoms with van der Waals surface area (Å²) < 4.78 is 20.8. The smallest absolute Gasteiger partial charge is 0.237 e. The molecule has 0 radical (unpaired) electrons. The zero-order chi connectivity index (χ0) is 22.5. The standard InChI is InChI=1S/C22H23ClFN5O2S/c1-15(20(30)25-19-8-7-17(24)13-18(19)23)32-22-27-26-21(28-9-11-31-12-10-28)29(22)14-16-5-3-2-4-6-16/h2-8,13,15H,9-12,14H2,1H3,(H,25,30). The van der Waals surface area contributed by atoms with Crippen molar-refractivity contribution < 1.29 is 13.9 Å². The van der Waals surface area contributed by atoms with Crippen LogP contribution in [0.2, 0.25) is 5.02 Å². The van der Waals surface area contributed by atoms with E-state index in [2.05, 4.69) is 20.4 Å². The molecule has 2 aromatic carbocycles. The molecule has 32 heavy (non-hydrogen) atoms. The third kappa shape index (κ3) is 5.40. The van der Waals surface area contributed by atoms with Gasteiger partial charge in [-0.15, -0.1) is 10.2 Å². The van der Waals surface area contributed by atoms with Gasteiger partial charge in [0.25, 0.3) is 0 Å². The Balaban J connectivity index is 1.53. The Morgan fingerprint density at radius 1 is 1.22 bits per heavy atom. The number of morpholine rings is 1. The topological polar surface area (TPSA) is 72.3 Å². The van der Waals surface area contributed by atoms with Crippen molar-refractivity contribution in [3.63, 3.8) is 0 Å². The van der Waals surface area contributed by atoms with E-state index < -0.39 is 11.1 Å². The second kappa shape index (κ2) is 10.3. The van der Waals surface area contributed by atoms with Gasteiger partial charge in [0.05, 0.1) is 35.7 Å². The van der Waals surface area contributed by atoms with Gasteiger partial charge in [-0.3, -0.25) is 9.36 Å². The second-order valence-electron chi connectivity index (χ2n) is 7.33. The summed E-state index contributed by atoms with van der Waals surface area (Å²) in [6, 6.07) is 13.9. The molecule has 7 nitrogen and oxygen atoms in total. The van der Waals surface area contributed by atoms with E-state index in [9.17, 15) is 9.18 Å². The summed E-state index contributed by atoms with van der Waals surface area (Å²) in [4.78, 5) is 14.9.